The van der Waals surface area contributed by atoms with Crippen molar-refractivity contribution in [3.8, 4) is 0 Å². The van der Waals surface area contributed by atoms with E-state index in [4.69, 9.17) is 5.73 Å². The summed E-state index contributed by atoms with van der Waals surface area (Å²) in [6.45, 7) is 7.62. The van der Waals surface area contributed by atoms with Gasteiger partial charge in [-0.15, -0.1) is 11.3 Å². The van der Waals surface area contributed by atoms with Crippen molar-refractivity contribution < 1.29 is 0 Å². The second kappa shape index (κ2) is 5.25. The fraction of sp³-hybridized carbons (Fsp3) is 0.750. The summed E-state index contributed by atoms with van der Waals surface area (Å²) in [5.74, 6) is 0.609. The van der Waals surface area contributed by atoms with E-state index in [0.29, 0.717) is 12.0 Å². The number of thiazole rings is 1. The van der Waals surface area contributed by atoms with Crippen molar-refractivity contribution in [1.82, 2.24) is 9.88 Å². The first-order valence-electron chi connectivity index (χ1n) is 6.10. The van der Waals surface area contributed by atoms with Crippen molar-refractivity contribution in [2.45, 2.75) is 39.3 Å². The zero-order chi connectivity index (χ0) is 11.5. The predicted molar refractivity (Wildman–Crippen MR) is 68.5 cm³/mol. The van der Waals surface area contributed by atoms with Crippen LogP contribution < -0.4 is 5.73 Å². The summed E-state index contributed by atoms with van der Waals surface area (Å²) in [6.07, 6.45) is 2.16. The van der Waals surface area contributed by atoms with Crippen molar-refractivity contribution in [3.05, 3.63) is 16.1 Å². The molecule has 0 amide bonds. The summed E-state index contributed by atoms with van der Waals surface area (Å²) >= 11 is 1.78. The fourth-order valence-electron chi connectivity index (χ4n) is 2.21. The lowest BCUT2D eigenvalue weighted by molar-refractivity contribution is 0.156. The first-order valence-corrected chi connectivity index (χ1v) is 6.98. The highest BCUT2D eigenvalue weighted by Crippen LogP contribution is 2.18. The third-order valence-electron chi connectivity index (χ3n) is 3.34. The van der Waals surface area contributed by atoms with Gasteiger partial charge < -0.3 is 5.73 Å². The van der Waals surface area contributed by atoms with Gasteiger partial charge in [0.25, 0.3) is 0 Å². The largest absolute Gasteiger partial charge is 0.327 e. The summed E-state index contributed by atoms with van der Waals surface area (Å²) in [6, 6.07) is 0.387. The van der Waals surface area contributed by atoms with Crippen LogP contribution in [0.5, 0.6) is 0 Å². The van der Waals surface area contributed by atoms with Crippen LogP contribution in [0.2, 0.25) is 0 Å². The summed E-state index contributed by atoms with van der Waals surface area (Å²) in [7, 11) is 0. The van der Waals surface area contributed by atoms with Crippen LogP contribution in [0, 0.1) is 5.92 Å². The van der Waals surface area contributed by atoms with Crippen LogP contribution in [0.15, 0.2) is 5.38 Å². The van der Waals surface area contributed by atoms with E-state index < -0.39 is 0 Å². The van der Waals surface area contributed by atoms with Gasteiger partial charge in [0.05, 0.1) is 10.7 Å². The normalized spacial score (nSPS) is 27.2. The van der Waals surface area contributed by atoms with Gasteiger partial charge in [-0.1, -0.05) is 13.8 Å². The van der Waals surface area contributed by atoms with Crippen LogP contribution in [0.25, 0.3) is 0 Å². The third-order valence-corrected chi connectivity index (χ3v) is 4.39. The Morgan fingerprint density at radius 2 is 2.44 bits per heavy atom. The molecule has 1 aromatic rings. The molecule has 3 nitrogen and oxygen atoms in total. The van der Waals surface area contributed by atoms with Crippen LogP contribution in [0.1, 0.15) is 31.0 Å². The van der Waals surface area contributed by atoms with E-state index in [0.717, 1.165) is 32.5 Å². The van der Waals surface area contributed by atoms with Gasteiger partial charge in [0.1, 0.15) is 0 Å². The molecule has 0 aliphatic carbocycles. The second-order valence-electron chi connectivity index (χ2n) is 4.75. The maximum atomic E-state index is 6.02. The smallest absolute Gasteiger partial charge is 0.0926 e. The summed E-state index contributed by atoms with van der Waals surface area (Å²) < 4.78 is 0. The Morgan fingerprint density at radius 1 is 1.62 bits per heavy atom. The molecule has 2 N–H and O–H groups in total. The van der Waals surface area contributed by atoms with Crippen LogP contribution in [-0.4, -0.2) is 29.0 Å². The van der Waals surface area contributed by atoms with E-state index in [2.05, 4.69) is 29.1 Å². The summed E-state index contributed by atoms with van der Waals surface area (Å²) in [5.41, 5.74) is 7.25. The highest BCUT2D eigenvalue weighted by molar-refractivity contribution is 7.09. The number of rotatable bonds is 3. The topological polar surface area (TPSA) is 42.2 Å². The number of piperidine rings is 1. The zero-order valence-corrected chi connectivity index (χ0v) is 11.0. The van der Waals surface area contributed by atoms with Crippen LogP contribution in [0.3, 0.4) is 0 Å². The lowest BCUT2D eigenvalue weighted by atomic mass is 9.95. The molecule has 0 bridgehead atoms. The summed E-state index contributed by atoms with van der Waals surface area (Å²) in [4.78, 5) is 7.09. The van der Waals surface area contributed by atoms with E-state index in [-0.39, 0.29) is 0 Å². The minimum absolute atomic E-state index is 0.387. The molecule has 0 radical (unpaired) electrons. The Hall–Kier alpha value is -0.450. The van der Waals surface area contributed by atoms with Crippen LogP contribution in [-0.2, 0) is 13.0 Å². The number of aromatic nitrogens is 1. The van der Waals surface area contributed by atoms with Gasteiger partial charge in [-0.3, -0.25) is 4.90 Å². The van der Waals surface area contributed by atoms with Crippen molar-refractivity contribution in [2.75, 3.05) is 13.1 Å². The lowest BCUT2D eigenvalue weighted by Crippen LogP contribution is -2.45. The van der Waals surface area contributed by atoms with Crippen molar-refractivity contribution in [1.29, 1.82) is 0 Å². The predicted octanol–water partition coefficient (Wildman–Crippen LogP) is 1.87. The molecule has 0 saturated carbocycles. The van der Waals surface area contributed by atoms with E-state index in [1.807, 2.05) is 0 Å². The SMILES string of the molecule is CCc1nc(CN2CCC(N)C(C)C2)cs1. The van der Waals surface area contributed by atoms with Crippen LogP contribution in [0.4, 0.5) is 0 Å². The number of nitrogens with zero attached hydrogens (tertiary/aromatic N) is 2. The maximum absolute atomic E-state index is 6.02. The van der Waals surface area contributed by atoms with Crippen molar-refractivity contribution >= 4 is 11.3 Å². The van der Waals surface area contributed by atoms with Gasteiger partial charge >= 0.3 is 0 Å². The number of hydrogen-bond donors (Lipinski definition) is 1. The Labute approximate surface area is 102 Å². The molecule has 90 valence electrons. The van der Waals surface area contributed by atoms with Gasteiger partial charge in [0.15, 0.2) is 0 Å². The number of likely N-dealkylation sites (tertiary alicyclic amines) is 1. The Balaban J connectivity index is 1.90. The standard InChI is InChI=1S/C12H21N3S/c1-3-12-14-10(8-16-12)7-15-5-4-11(13)9(2)6-15/h8-9,11H,3-7,13H2,1-2H3. The van der Waals surface area contributed by atoms with E-state index in [1.165, 1.54) is 10.7 Å². The summed E-state index contributed by atoms with van der Waals surface area (Å²) in [5, 5.41) is 3.44. The Morgan fingerprint density at radius 3 is 3.06 bits per heavy atom. The lowest BCUT2D eigenvalue weighted by Gasteiger charge is -2.34. The molecule has 4 heteroatoms. The minimum atomic E-state index is 0.387. The number of aryl methyl sites for hydroxylation is 1. The molecular weight excluding hydrogens is 218 g/mol. The molecule has 1 saturated heterocycles. The quantitative estimate of drug-likeness (QED) is 0.875. The molecule has 1 aromatic heterocycles. The first kappa shape index (κ1) is 12.0. The first-order chi connectivity index (χ1) is 7.69. The van der Waals surface area contributed by atoms with E-state index in [1.54, 1.807) is 11.3 Å². The molecule has 0 spiro atoms. The van der Waals surface area contributed by atoms with Crippen LogP contribution >= 0.6 is 11.3 Å². The average molecular weight is 239 g/mol. The monoisotopic (exact) mass is 239 g/mol. The van der Waals surface area contributed by atoms with Crippen molar-refractivity contribution in [2.24, 2.45) is 11.7 Å². The second-order valence-corrected chi connectivity index (χ2v) is 5.69. The molecule has 1 aliphatic rings. The number of hydrogen-bond acceptors (Lipinski definition) is 4. The molecule has 2 rings (SSSR count). The van der Waals surface area contributed by atoms with E-state index in [9.17, 15) is 0 Å². The highest BCUT2D eigenvalue weighted by Gasteiger charge is 2.23. The molecule has 1 aliphatic heterocycles. The molecule has 2 heterocycles. The highest BCUT2D eigenvalue weighted by atomic mass is 32.1. The van der Waals surface area contributed by atoms with E-state index >= 15 is 0 Å². The minimum Gasteiger partial charge on any atom is -0.327 e. The van der Waals surface area contributed by atoms with Gasteiger partial charge in [-0.2, -0.15) is 0 Å². The van der Waals surface area contributed by atoms with Gasteiger partial charge in [-0.05, 0) is 18.8 Å². The molecule has 1 fully saturated rings. The van der Waals surface area contributed by atoms with Gasteiger partial charge in [-0.25, -0.2) is 4.98 Å². The average Bonchev–Trinajstić information content (AvgIpc) is 2.71. The van der Waals surface area contributed by atoms with Gasteiger partial charge in [0, 0.05) is 31.1 Å². The molecule has 2 unspecified atom stereocenters. The Kier molecular flexibility index (Phi) is 3.95. The molecular formula is C12H21N3S. The van der Waals surface area contributed by atoms with Crippen molar-refractivity contribution in [3.63, 3.8) is 0 Å². The third kappa shape index (κ3) is 2.81. The maximum Gasteiger partial charge on any atom is 0.0926 e. The van der Waals surface area contributed by atoms with Gasteiger partial charge in [0.2, 0.25) is 0 Å². The zero-order valence-electron chi connectivity index (χ0n) is 10.1. The number of nitrogens with two attached hydrogens (primary N) is 1. The fourth-order valence-corrected chi connectivity index (χ4v) is 2.94. The molecule has 2 atom stereocenters. The molecule has 0 aromatic carbocycles. The molecule has 16 heavy (non-hydrogen) atoms. The Bertz CT molecular complexity index is 337.